The number of pyridine rings is 2. The second-order valence-electron chi connectivity index (χ2n) is 9.99. The molecule has 11 heteroatoms. The molecule has 10 nitrogen and oxygen atoms in total. The van der Waals surface area contributed by atoms with E-state index in [9.17, 15) is 4.79 Å². The number of hydrogen-bond donors (Lipinski definition) is 2. The molecule has 2 aromatic carbocycles. The largest absolute Gasteiger partial charge is 0.495 e. The molecule has 0 aliphatic carbocycles. The molecule has 1 fully saturated rings. The summed E-state index contributed by atoms with van der Waals surface area (Å²) >= 11 is 6.79. The minimum atomic E-state index is -0.674. The molecule has 0 amide bonds. The normalized spacial score (nSPS) is 16.9. The Morgan fingerprint density at radius 1 is 1.05 bits per heavy atom. The van der Waals surface area contributed by atoms with Crippen LogP contribution in [0.15, 0.2) is 77.7 Å². The zero-order valence-corrected chi connectivity index (χ0v) is 23.8. The van der Waals surface area contributed by atoms with Crippen LogP contribution in [0.3, 0.4) is 0 Å². The summed E-state index contributed by atoms with van der Waals surface area (Å²) in [6.45, 7) is 2.69. The zero-order chi connectivity index (χ0) is 29.2. The Hall–Kier alpha value is -4.35. The van der Waals surface area contributed by atoms with Gasteiger partial charge in [-0.15, -0.1) is 0 Å². The Morgan fingerprint density at radius 2 is 1.86 bits per heavy atom. The lowest BCUT2D eigenvalue weighted by atomic mass is 10.0. The number of halogens is 1. The maximum Gasteiger partial charge on any atom is 0.260 e. The van der Waals surface area contributed by atoms with Crippen LogP contribution in [0.5, 0.6) is 5.75 Å². The lowest BCUT2D eigenvalue weighted by Crippen LogP contribution is -2.43. The quantitative estimate of drug-likeness (QED) is 0.274. The number of methoxy groups -OCH3 is 1. The number of nitrogens with one attached hydrogen (secondary N) is 1. The van der Waals surface area contributed by atoms with Gasteiger partial charge in [0.1, 0.15) is 11.4 Å². The Balaban J connectivity index is 1.44. The maximum absolute atomic E-state index is 14.1. The van der Waals surface area contributed by atoms with E-state index < -0.39 is 6.29 Å². The second kappa shape index (κ2) is 11.9. The number of hydrogen-bond acceptors (Lipinski definition) is 9. The average Bonchev–Trinajstić information content (AvgIpc) is 3.00. The summed E-state index contributed by atoms with van der Waals surface area (Å²) in [5.74, 6) is 0.932. The SMILES string of the molecule is COc1ccccc1Nc1ncc2cc(-c3ccc(-c4cccc(C)n4)cc3Cl)c(=O)n(CC3OCC(N)CO3)c2n1. The van der Waals surface area contributed by atoms with Gasteiger partial charge in [-0.25, -0.2) is 4.98 Å². The van der Waals surface area contributed by atoms with E-state index in [4.69, 9.17) is 36.5 Å². The van der Waals surface area contributed by atoms with Crippen LogP contribution in [0.4, 0.5) is 11.6 Å². The van der Waals surface area contributed by atoms with Gasteiger partial charge in [0.15, 0.2) is 6.29 Å². The lowest BCUT2D eigenvalue weighted by molar-refractivity contribution is -0.191. The van der Waals surface area contributed by atoms with Gasteiger partial charge in [0, 0.05) is 39.0 Å². The first-order valence-corrected chi connectivity index (χ1v) is 13.8. The molecule has 5 aromatic rings. The summed E-state index contributed by atoms with van der Waals surface area (Å²) in [5.41, 5.74) is 10.3. The predicted molar refractivity (Wildman–Crippen MR) is 162 cm³/mol. The molecule has 0 atom stereocenters. The van der Waals surface area contributed by atoms with Crippen molar-refractivity contribution in [2.45, 2.75) is 25.8 Å². The van der Waals surface area contributed by atoms with Gasteiger partial charge in [-0.05, 0) is 43.3 Å². The number of aromatic nitrogens is 4. The van der Waals surface area contributed by atoms with Crippen LogP contribution in [0.2, 0.25) is 5.02 Å². The Kier molecular flexibility index (Phi) is 7.86. The molecule has 4 heterocycles. The number of nitrogens with two attached hydrogens (primary N) is 1. The first kappa shape index (κ1) is 27.8. The molecule has 214 valence electrons. The van der Waals surface area contributed by atoms with Crippen LogP contribution in [0, 0.1) is 6.92 Å². The fourth-order valence-corrected chi connectivity index (χ4v) is 5.14. The Morgan fingerprint density at radius 3 is 2.62 bits per heavy atom. The predicted octanol–water partition coefficient (Wildman–Crippen LogP) is 4.93. The summed E-state index contributed by atoms with van der Waals surface area (Å²) in [6, 6.07) is 20.3. The fourth-order valence-electron chi connectivity index (χ4n) is 4.86. The van der Waals surface area contributed by atoms with Gasteiger partial charge >= 0.3 is 0 Å². The van der Waals surface area contributed by atoms with E-state index in [0.717, 1.165) is 17.0 Å². The van der Waals surface area contributed by atoms with Crippen LogP contribution in [0.25, 0.3) is 33.4 Å². The molecule has 1 saturated heterocycles. The van der Waals surface area contributed by atoms with Crippen molar-refractivity contribution < 1.29 is 14.2 Å². The summed E-state index contributed by atoms with van der Waals surface area (Å²) in [7, 11) is 1.59. The molecule has 0 radical (unpaired) electrons. The van der Waals surface area contributed by atoms with Gasteiger partial charge in [0.05, 0.1) is 44.3 Å². The minimum Gasteiger partial charge on any atom is -0.495 e. The molecule has 1 aliphatic heterocycles. The number of rotatable bonds is 7. The van der Waals surface area contributed by atoms with E-state index in [1.54, 1.807) is 19.4 Å². The highest BCUT2D eigenvalue weighted by atomic mass is 35.5. The van der Waals surface area contributed by atoms with Gasteiger partial charge in [-0.3, -0.25) is 14.3 Å². The third-order valence-corrected chi connectivity index (χ3v) is 7.26. The van der Waals surface area contributed by atoms with E-state index in [2.05, 4.69) is 15.3 Å². The standard InChI is InChI=1S/C31H29ClN6O4/c1-18-6-5-8-25(35-18)19-10-11-22(24(32)13-19)23-12-20-14-34-31(36-26-7-3-4-9-27(26)40-2)37-29(20)38(30(23)39)15-28-41-16-21(33)17-42-28/h3-14,21,28H,15-17,33H2,1-2H3,(H,34,36,37). The number of para-hydroxylation sites is 2. The molecule has 0 spiro atoms. The molecule has 6 rings (SSSR count). The zero-order valence-electron chi connectivity index (χ0n) is 23.1. The summed E-state index contributed by atoms with van der Waals surface area (Å²) in [4.78, 5) is 27.9. The third-order valence-electron chi connectivity index (χ3n) is 6.95. The number of anilines is 2. The van der Waals surface area contributed by atoms with E-state index in [1.165, 1.54) is 4.57 Å². The minimum absolute atomic E-state index is 0.101. The van der Waals surface area contributed by atoms with Gasteiger partial charge in [-0.2, -0.15) is 4.98 Å². The molecule has 0 saturated carbocycles. The second-order valence-corrected chi connectivity index (χ2v) is 10.4. The maximum atomic E-state index is 14.1. The third kappa shape index (κ3) is 5.70. The van der Waals surface area contributed by atoms with E-state index in [1.807, 2.05) is 67.6 Å². The van der Waals surface area contributed by atoms with Gasteiger partial charge < -0.3 is 25.3 Å². The van der Waals surface area contributed by atoms with Crippen molar-refractivity contribution in [1.82, 2.24) is 19.5 Å². The summed E-state index contributed by atoms with van der Waals surface area (Å²) in [5, 5.41) is 4.25. The molecule has 0 unspecified atom stereocenters. The van der Waals surface area contributed by atoms with Crippen molar-refractivity contribution in [2.75, 3.05) is 25.6 Å². The van der Waals surface area contributed by atoms with Crippen molar-refractivity contribution in [3.63, 3.8) is 0 Å². The Bertz CT molecular complexity index is 1820. The number of nitrogens with zero attached hydrogens (tertiary/aromatic N) is 4. The van der Waals surface area contributed by atoms with Gasteiger partial charge in [-0.1, -0.05) is 41.9 Å². The molecule has 3 aromatic heterocycles. The van der Waals surface area contributed by atoms with Crippen LogP contribution < -0.4 is 21.3 Å². The van der Waals surface area contributed by atoms with Crippen molar-refractivity contribution in [2.24, 2.45) is 5.73 Å². The van der Waals surface area contributed by atoms with Gasteiger partial charge in [0.2, 0.25) is 5.95 Å². The van der Waals surface area contributed by atoms with Crippen LogP contribution >= 0.6 is 11.6 Å². The summed E-state index contributed by atoms with van der Waals surface area (Å²) < 4.78 is 18.5. The highest BCUT2D eigenvalue weighted by Crippen LogP contribution is 2.32. The monoisotopic (exact) mass is 584 g/mol. The average molecular weight is 585 g/mol. The van der Waals surface area contributed by atoms with E-state index in [-0.39, 0.29) is 18.1 Å². The fraction of sp³-hybridized carbons (Fsp3) is 0.226. The van der Waals surface area contributed by atoms with E-state index in [0.29, 0.717) is 57.8 Å². The van der Waals surface area contributed by atoms with Crippen molar-refractivity contribution in [1.29, 1.82) is 0 Å². The van der Waals surface area contributed by atoms with Crippen LogP contribution in [-0.2, 0) is 16.0 Å². The van der Waals surface area contributed by atoms with Crippen LogP contribution in [-0.4, -0.2) is 52.2 Å². The summed E-state index contributed by atoms with van der Waals surface area (Å²) in [6.07, 6.45) is 0.989. The van der Waals surface area contributed by atoms with Crippen LogP contribution in [0.1, 0.15) is 5.69 Å². The number of fused-ring (bicyclic) bond motifs is 1. The van der Waals surface area contributed by atoms with Crippen molar-refractivity contribution in [3.8, 4) is 28.1 Å². The molecular formula is C31H29ClN6O4. The molecule has 3 N–H and O–H groups in total. The molecule has 42 heavy (non-hydrogen) atoms. The Labute approximate surface area is 247 Å². The molecule has 1 aliphatic rings. The van der Waals surface area contributed by atoms with Crippen molar-refractivity contribution >= 4 is 34.3 Å². The van der Waals surface area contributed by atoms with Gasteiger partial charge in [0.25, 0.3) is 5.56 Å². The first-order valence-electron chi connectivity index (χ1n) is 13.4. The number of ether oxygens (including phenoxy) is 3. The molecular weight excluding hydrogens is 556 g/mol. The first-order chi connectivity index (χ1) is 20.4. The van der Waals surface area contributed by atoms with Crippen molar-refractivity contribution in [3.05, 3.63) is 94.0 Å². The smallest absolute Gasteiger partial charge is 0.260 e. The lowest BCUT2D eigenvalue weighted by Gasteiger charge is -2.28. The highest BCUT2D eigenvalue weighted by Gasteiger charge is 2.23. The number of benzene rings is 2. The van der Waals surface area contributed by atoms with E-state index >= 15 is 0 Å². The highest BCUT2D eigenvalue weighted by molar-refractivity contribution is 6.33. The molecule has 0 bridgehead atoms. The number of aryl methyl sites for hydroxylation is 1. The topological polar surface area (TPSA) is 126 Å².